The lowest BCUT2D eigenvalue weighted by molar-refractivity contribution is -0.123. The summed E-state index contributed by atoms with van der Waals surface area (Å²) in [6, 6.07) is 14.3. The monoisotopic (exact) mass is 355 g/mol. The van der Waals surface area contributed by atoms with Gasteiger partial charge in [0.2, 0.25) is 0 Å². The molecule has 1 amide bonds. The van der Waals surface area contributed by atoms with Crippen LogP contribution in [0.3, 0.4) is 0 Å². The van der Waals surface area contributed by atoms with Gasteiger partial charge in [0.15, 0.2) is 6.10 Å². The summed E-state index contributed by atoms with van der Waals surface area (Å²) < 4.78 is 10.4. The van der Waals surface area contributed by atoms with E-state index in [1.54, 1.807) is 31.2 Å². The Hall–Kier alpha value is -2.82. The average molecular weight is 355 g/mol. The van der Waals surface area contributed by atoms with Crippen molar-refractivity contribution in [2.24, 2.45) is 0 Å². The summed E-state index contributed by atoms with van der Waals surface area (Å²) in [6.45, 7) is 5.76. The van der Waals surface area contributed by atoms with Crippen LogP contribution in [-0.2, 0) is 9.53 Å². The largest absolute Gasteiger partial charge is 0.497 e. The number of rotatable bonds is 7. The number of carbonyl (C=O) groups is 2. The van der Waals surface area contributed by atoms with Crippen molar-refractivity contribution in [2.45, 2.75) is 39.2 Å². The third-order valence-electron chi connectivity index (χ3n) is 4.32. The maximum atomic E-state index is 12.5. The van der Waals surface area contributed by atoms with Crippen molar-refractivity contribution in [3.05, 3.63) is 59.7 Å². The van der Waals surface area contributed by atoms with Crippen LogP contribution in [0.15, 0.2) is 48.5 Å². The van der Waals surface area contributed by atoms with E-state index in [1.165, 1.54) is 7.11 Å². The fourth-order valence-corrected chi connectivity index (χ4v) is 2.53. The minimum atomic E-state index is -0.918. The molecule has 5 nitrogen and oxygen atoms in total. The molecule has 1 N–H and O–H groups in total. The van der Waals surface area contributed by atoms with Gasteiger partial charge in [-0.25, -0.2) is 4.79 Å². The average Bonchev–Trinajstić information content (AvgIpc) is 2.67. The summed E-state index contributed by atoms with van der Waals surface area (Å²) in [5.41, 5.74) is 2.15. The molecule has 0 saturated heterocycles. The molecule has 2 atom stereocenters. The Balaban J connectivity index is 2.05. The maximum absolute atomic E-state index is 12.5. The van der Waals surface area contributed by atoms with Gasteiger partial charge < -0.3 is 14.8 Å². The first-order valence-electron chi connectivity index (χ1n) is 8.71. The lowest BCUT2D eigenvalue weighted by Crippen LogP contribution is -2.30. The van der Waals surface area contributed by atoms with Crippen LogP contribution in [0.2, 0.25) is 0 Å². The minimum Gasteiger partial charge on any atom is -0.497 e. The van der Waals surface area contributed by atoms with E-state index in [1.807, 2.05) is 24.3 Å². The van der Waals surface area contributed by atoms with Crippen molar-refractivity contribution >= 4 is 17.6 Å². The van der Waals surface area contributed by atoms with E-state index in [2.05, 4.69) is 19.2 Å². The van der Waals surface area contributed by atoms with Crippen molar-refractivity contribution < 1.29 is 19.1 Å². The number of carbonyl (C=O) groups excluding carboxylic acids is 2. The molecular formula is C21H25NO4. The van der Waals surface area contributed by atoms with E-state index in [-0.39, 0.29) is 5.91 Å². The van der Waals surface area contributed by atoms with E-state index in [4.69, 9.17) is 9.47 Å². The second-order valence-corrected chi connectivity index (χ2v) is 6.17. The normalized spacial score (nSPS) is 12.8. The van der Waals surface area contributed by atoms with Crippen molar-refractivity contribution in [3.63, 3.8) is 0 Å². The van der Waals surface area contributed by atoms with Crippen LogP contribution in [0, 0.1) is 0 Å². The first kappa shape index (κ1) is 19.5. The first-order chi connectivity index (χ1) is 12.5. The van der Waals surface area contributed by atoms with Crippen LogP contribution in [0.4, 0.5) is 5.69 Å². The Morgan fingerprint density at radius 1 is 1.08 bits per heavy atom. The highest BCUT2D eigenvalue weighted by molar-refractivity contribution is 5.97. The lowest BCUT2D eigenvalue weighted by atomic mass is 9.97. The van der Waals surface area contributed by atoms with Gasteiger partial charge in [-0.05, 0) is 49.1 Å². The van der Waals surface area contributed by atoms with Gasteiger partial charge in [0.05, 0.1) is 12.7 Å². The van der Waals surface area contributed by atoms with E-state index in [0.29, 0.717) is 17.2 Å². The molecule has 0 fully saturated rings. The quantitative estimate of drug-likeness (QED) is 0.748. The summed E-state index contributed by atoms with van der Waals surface area (Å²) in [5, 5.41) is 2.86. The van der Waals surface area contributed by atoms with Crippen molar-refractivity contribution in [1.82, 2.24) is 0 Å². The van der Waals surface area contributed by atoms with Crippen LogP contribution < -0.4 is 10.1 Å². The summed E-state index contributed by atoms with van der Waals surface area (Å²) in [4.78, 5) is 24.7. The number of esters is 1. The molecule has 0 spiro atoms. The third kappa shape index (κ3) is 4.85. The number of hydrogen-bond donors (Lipinski definition) is 1. The number of para-hydroxylation sites is 1. The molecule has 0 aliphatic carbocycles. The molecule has 0 radical (unpaired) electrons. The van der Waals surface area contributed by atoms with E-state index >= 15 is 0 Å². The predicted molar refractivity (Wildman–Crippen MR) is 102 cm³/mol. The molecule has 5 heteroatoms. The predicted octanol–water partition coefficient (Wildman–Crippen LogP) is 4.39. The number of hydrogen-bond acceptors (Lipinski definition) is 4. The lowest BCUT2D eigenvalue weighted by Gasteiger charge is -2.18. The highest BCUT2D eigenvalue weighted by Gasteiger charge is 2.20. The standard InChI is InChI=1S/C21H25NO4/c1-5-14(2)18-11-6-7-12-19(18)22-20(23)15(3)26-21(24)16-9-8-10-17(13-16)25-4/h6-15H,5H2,1-4H3,(H,22,23)/t14-,15+/m1/s1. The van der Waals surface area contributed by atoms with E-state index in [9.17, 15) is 9.59 Å². The molecular weight excluding hydrogens is 330 g/mol. The molecule has 2 aromatic rings. The molecule has 2 aromatic carbocycles. The zero-order valence-corrected chi connectivity index (χ0v) is 15.6. The molecule has 26 heavy (non-hydrogen) atoms. The zero-order chi connectivity index (χ0) is 19.1. The fraction of sp³-hybridized carbons (Fsp3) is 0.333. The third-order valence-corrected chi connectivity index (χ3v) is 4.32. The number of nitrogens with one attached hydrogen (secondary N) is 1. The Morgan fingerprint density at radius 2 is 1.81 bits per heavy atom. The van der Waals surface area contributed by atoms with Crippen molar-refractivity contribution in [3.8, 4) is 5.75 Å². The molecule has 0 aliphatic rings. The van der Waals surface area contributed by atoms with E-state index in [0.717, 1.165) is 17.7 Å². The number of anilines is 1. The highest BCUT2D eigenvalue weighted by Crippen LogP contribution is 2.26. The molecule has 138 valence electrons. The second-order valence-electron chi connectivity index (χ2n) is 6.17. The zero-order valence-electron chi connectivity index (χ0n) is 15.6. The smallest absolute Gasteiger partial charge is 0.339 e. The molecule has 0 unspecified atom stereocenters. The summed E-state index contributed by atoms with van der Waals surface area (Å²) in [7, 11) is 1.52. The molecule has 2 rings (SSSR count). The topological polar surface area (TPSA) is 64.6 Å². The SMILES string of the molecule is CC[C@@H](C)c1ccccc1NC(=O)[C@H](C)OC(=O)c1cccc(OC)c1. The highest BCUT2D eigenvalue weighted by atomic mass is 16.5. The number of ether oxygens (including phenoxy) is 2. The van der Waals surface area contributed by atoms with Crippen molar-refractivity contribution in [1.29, 1.82) is 0 Å². The van der Waals surface area contributed by atoms with Gasteiger partial charge in [0.25, 0.3) is 5.91 Å². The minimum absolute atomic E-state index is 0.321. The Morgan fingerprint density at radius 3 is 2.50 bits per heavy atom. The van der Waals surface area contributed by atoms with Crippen LogP contribution in [0.25, 0.3) is 0 Å². The second kappa shape index (κ2) is 9.04. The van der Waals surface area contributed by atoms with Gasteiger partial charge in [-0.2, -0.15) is 0 Å². The number of benzene rings is 2. The Labute approximate surface area is 154 Å². The van der Waals surface area contributed by atoms with Gasteiger partial charge in [0, 0.05) is 5.69 Å². The van der Waals surface area contributed by atoms with Gasteiger partial charge in [-0.15, -0.1) is 0 Å². The Bertz CT molecular complexity index is 772. The van der Waals surface area contributed by atoms with Crippen LogP contribution in [0.5, 0.6) is 5.75 Å². The molecule has 0 aromatic heterocycles. The summed E-state index contributed by atoms with van der Waals surface area (Å²) in [5.74, 6) is -0.0565. The summed E-state index contributed by atoms with van der Waals surface area (Å²) >= 11 is 0. The molecule has 0 aliphatic heterocycles. The fourth-order valence-electron chi connectivity index (χ4n) is 2.53. The van der Waals surface area contributed by atoms with Crippen LogP contribution in [0.1, 0.15) is 49.0 Å². The first-order valence-corrected chi connectivity index (χ1v) is 8.71. The van der Waals surface area contributed by atoms with E-state index < -0.39 is 12.1 Å². The molecule has 0 saturated carbocycles. The van der Waals surface area contributed by atoms with Gasteiger partial charge in [0.1, 0.15) is 5.75 Å². The van der Waals surface area contributed by atoms with Crippen molar-refractivity contribution in [2.75, 3.05) is 12.4 Å². The van der Waals surface area contributed by atoms with Crippen LogP contribution >= 0.6 is 0 Å². The van der Waals surface area contributed by atoms with Crippen LogP contribution in [-0.4, -0.2) is 25.1 Å². The van der Waals surface area contributed by atoms with Gasteiger partial charge in [-0.3, -0.25) is 4.79 Å². The molecule has 0 bridgehead atoms. The van der Waals surface area contributed by atoms with Gasteiger partial charge >= 0.3 is 5.97 Å². The number of methoxy groups -OCH3 is 1. The Kier molecular flexibility index (Phi) is 6.78. The molecule has 0 heterocycles. The summed E-state index contributed by atoms with van der Waals surface area (Å²) in [6.07, 6.45) is 0.0477. The number of amides is 1. The van der Waals surface area contributed by atoms with Gasteiger partial charge in [-0.1, -0.05) is 38.1 Å². The maximum Gasteiger partial charge on any atom is 0.339 e.